The van der Waals surface area contributed by atoms with Crippen LogP contribution >= 0.6 is 11.6 Å². The topological polar surface area (TPSA) is 43.4 Å². The van der Waals surface area contributed by atoms with Crippen molar-refractivity contribution < 1.29 is 14.3 Å². The normalized spacial score (nSPS) is 11.0. The van der Waals surface area contributed by atoms with Crippen molar-refractivity contribution in [2.45, 2.75) is 13.8 Å². The van der Waals surface area contributed by atoms with E-state index in [1.807, 2.05) is 0 Å². The Bertz CT molecular complexity index is 196. The fraction of sp³-hybridized carbons (Fsp3) is 0.429. The van der Waals surface area contributed by atoms with Crippen LogP contribution in [0.1, 0.15) is 13.8 Å². The second-order valence-corrected chi connectivity index (χ2v) is 2.21. The van der Waals surface area contributed by atoms with Crippen molar-refractivity contribution in [1.29, 1.82) is 0 Å². The molecule has 3 nitrogen and oxygen atoms in total. The monoisotopic (exact) mass is 176 g/mol. The van der Waals surface area contributed by atoms with Gasteiger partial charge < -0.3 is 4.74 Å². The highest BCUT2D eigenvalue weighted by atomic mass is 35.5. The number of ketones is 1. The Labute approximate surface area is 70.0 Å². The summed E-state index contributed by atoms with van der Waals surface area (Å²) in [6, 6.07) is 0. The van der Waals surface area contributed by atoms with E-state index >= 15 is 0 Å². The molecule has 0 unspecified atom stereocenters. The maximum atomic E-state index is 10.6. The van der Waals surface area contributed by atoms with Crippen molar-refractivity contribution >= 4 is 23.4 Å². The first-order valence-corrected chi connectivity index (χ1v) is 3.50. The summed E-state index contributed by atoms with van der Waals surface area (Å²) >= 11 is 5.36. The van der Waals surface area contributed by atoms with Gasteiger partial charge in [0.1, 0.15) is 0 Å². The Morgan fingerprint density at radius 3 is 2.45 bits per heavy atom. The van der Waals surface area contributed by atoms with E-state index in [4.69, 9.17) is 11.6 Å². The van der Waals surface area contributed by atoms with Gasteiger partial charge in [-0.3, -0.25) is 4.79 Å². The van der Waals surface area contributed by atoms with Crippen molar-refractivity contribution in [3.8, 4) is 0 Å². The van der Waals surface area contributed by atoms with Crippen LogP contribution in [0.5, 0.6) is 0 Å². The van der Waals surface area contributed by atoms with Gasteiger partial charge in [-0.1, -0.05) is 11.6 Å². The van der Waals surface area contributed by atoms with E-state index in [1.54, 1.807) is 6.92 Å². The van der Waals surface area contributed by atoms with E-state index in [9.17, 15) is 9.59 Å². The second-order valence-electron chi connectivity index (χ2n) is 1.80. The molecule has 0 aromatic carbocycles. The fourth-order valence-electron chi connectivity index (χ4n) is 0.389. The number of carbonyl (C=O) groups is 2. The molecule has 0 N–H and O–H groups in total. The molecule has 0 spiro atoms. The van der Waals surface area contributed by atoms with Crippen molar-refractivity contribution in [2.24, 2.45) is 0 Å². The lowest BCUT2D eigenvalue weighted by molar-refractivity contribution is -0.137. The molecule has 0 fully saturated rings. The largest absolute Gasteiger partial charge is 0.463 e. The average Bonchev–Trinajstić information content (AvgIpc) is 1.87. The van der Waals surface area contributed by atoms with Crippen molar-refractivity contribution in [2.75, 3.05) is 6.61 Å². The number of Topliss-reactive ketones (excluding diaryl/α,β-unsaturated/α-hetero) is 1. The Kier molecular flexibility index (Phi) is 4.54. The zero-order valence-corrected chi connectivity index (χ0v) is 7.14. The van der Waals surface area contributed by atoms with Gasteiger partial charge in [0.15, 0.2) is 5.78 Å². The lowest BCUT2D eigenvalue weighted by Crippen LogP contribution is -2.02. The molecule has 0 saturated carbocycles. The molecule has 4 heteroatoms. The maximum absolute atomic E-state index is 10.6. The average molecular weight is 177 g/mol. The highest BCUT2D eigenvalue weighted by Crippen LogP contribution is 2.02. The van der Waals surface area contributed by atoms with Gasteiger partial charge in [-0.2, -0.15) is 0 Å². The second kappa shape index (κ2) is 4.91. The van der Waals surface area contributed by atoms with Crippen LogP contribution in [0.25, 0.3) is 0 Å². The molecular formula is C7H9ClO3. The predicted molar refractivity (Wildman–Crippen MR) is 41.3 cm³/mol. The SMILES string of the molecule is CCOC(=O)/C=C(/Cl)C(C)=O. The summed E-state index contributed by atoms with van der Waals surface area (Å²) in [5.41, 5.74) is 0. The maximum Gasteiger partial charge on any atom is 0.332 e. The van der Waals surface area contributed by atoms with Gasteiger partial charge in [0.25, 0.3) is 0 Å². The Balaban J connectivity index is 4.08. The Morgan fingerprint density at radius 2 is 2.09 bits per heavy atom. The van der Waals surface area contributed by atoms with Gasteiger partial charge in [0.05, 0.1) is 11.6 Å². The quantitative estimate of drug-likeness (QED) is 0.480. The number of esters is 1. The third-order valence-electron chi connectivity index (χ3n) is 0.868. The van der Waals surface area contributed by atoms with E-state index in [-0.39, 0.29) is 17.4 Å². The molecular weight excluding hydrogens is 168 g/mol. The van der Waals surface area contributed by atoms with Gasteiger partial charge >= 0.3 is 5.97 Å². The van der Waals surface area contributed by atoms with Gasteiger partial charge in [0, 0.05) is 13.0 Å². The summed E-state index contributed by atoms with van der Waals surface area (Å²) in [6.07, 6.45) is 0.966. The summed E-state index contributed by atoms with van der Waals surface area (Å²) in [7, 11) is 0. The first-order valence-electron chi connectivity index (χ1n) is 3.12. The molecule has 0 aliphatic carbocycles. The lowest BCUT2D eigenvalue weighted by atomic mass is 10.4. The molecule has 0 atom stereocenters. The molecule has 0 heterocycles. The molecule has 0 bridgehead atoms. The highest BCUT2D eigenvalue weighted by molar-refractivity contribution is 6.43. The molecule has 11 heavy (non-hydrogen) atoms. The molecule has 0 aliphatic heterocycles. The van der Waals surface area contributed by atoms with Gasteiger partial charge in [0.2, 0.25) is 0 Å². The minimum atomic E-state index is -0.590. The summed E-state index contributed by atoms with van der Waals surface area (Å²) < 4.78 is 4.51. The number of rotatable bonds is 3. The van der Waals surface area contributed by atoms with Crippen LogP contribution in [-0.4, -0.2) is 18.4 Å². The van der Waals surface area contributed by atoms with Crippen LogP contribution in [-0.2, 0) is 14.3 Å². The van der Waals surface area contributed by atoms with Gasteiger partial charge in [-0.25, -0.2) is 4.79 Å². The van der Waals surface area contributed by atoms with Crippen molar-refractivity contribution in [3.05, 3.63) is 11.1 Å². The molecule has 0 aliphatic rings. The van der Waals surface area contributed by atoms with Crippen LogP contribution in [0.3, 0.4) is 0 Å². The summed E-state index contributed by atoms with van der Waals surface area (Å²) in [6.45, 7) is 3.23. The zero-order chi connectivity index (χ0) is 8.85. The van der Waals surface area contributed by atoms with Crippen LogP contribution in [0.2, 0.25) is 0 Å². The Hall–Kier alpha value is -0.830. The van der Waals surface area contributed by atoms with Crippen LogP contribution in [0, 0.1) is 0 Å². The third kappa shape index (κ3) is 4.56. The third-order valence-corrected chi connectivity index (χ3v) is 1.24. The summed E-state index contributed by atoms with van der Waals surface area (Å²) in [4.78, 5) is 21.1. The van der Waals surface area contributed by atoms with Crippen LogP contribution in [0.4, 0.5) is 0 Å². The molecule has 0 aromatic heterocycles. The summed E-state index contributed by atoms with van der Waals surface area (Å²) in [5.74, 6) is -0.938. The molecule has 0 saturated heterocycles. The van der Waals surface area contributed by atoms with Crippen LogP contribution in [0.15, 0.2) is 11.1 Å². The van der Waals surface area contributed by atoms with E-state index in [0.717, 1.165) is 6.08 Å². The minimum Gasteiger partial charge on any atom is -0.463 e. The van der Waals surface area contributed by atoms with Gasteiger partial charge in [-0.05, 0) is 6.92 Å². The molecule has 0 rings (SSSR count). The van der Waals surface area contributed by atoms with E-state index in [1.165, 1.54) is 6.92 Å². The van der Waals surface area contributed by atoms with E-state index < -0.39 is 5.97 Å². The molecule has 62 valence electrons. The first-order chi connectivity index (χ1) is 5.07. The number of halogens is 1. The fourth-order valence-corrected chi connectivity index (χ4v) is 0.478. The highest BCUT2D eigenvalue weighted by Gasteiger charge is 2.03. The zero-order valence-electron chi connectivity index (χ0n) is 6.39. The van der Waals surface area contributed by atoms with E-state index in [0.29, 0.717) is 0 Å². The molecule has 0 aromatic rings. The number of hydrogen-bond donors (Lipinski definition) is 0. The molecule has 0 amide bonds. The number of ether oxygens (including phenoxy) is 1. The minimum absolute atomic E-state index is 0.108. The van der Waals surface area contributed by atoms with Crippen LogP contribution < -0.4 is 0 Å². The molecule has 0 radical (unpaired) electrons. The smallest absolute Gasteiger partial charge is 0.332 e. The predicted octanol–water partition coefficient (Wildman–Crippen LogP) is 1.26. The first kappa shape index (κ1) is 10.2. The van der Waals surface area contributed by atoms with Gasteiger partial charge in [-0.15, -0.1) is 0 Å². The number of hydrogen-bond acceptors (Lipinski definition) is 3. The summed E-state index contributed by atoms with van der Waals surface area (Å²) in [5, 5.41) is -0.108. The number of carbonyl (C=O) groups excluding carboxylic acids is 2. The van der Waals surface area contributed by atoms with E-state index in [2.05, 4.69) is 4.74 Å². The lowest BCUT2D eigenvalue weighted by Gasteiger charge is -1.94. The van der Waals surface area contributed by atoms with Crippen molar-refractivity contribution in [3.63, 3.8) is 0 Å². The Morgan fingerprint density at radius 1 is 1.55 bits per heavy atom. The van der Waals surface area contributed by atoms with Crippen molar-refractivity contribution in [1.82, 2.24) is 0 Å². The number of allylic oxidation sites excluding steroid dienone is 1. The standard InChI is InChI=1S/C7H9ClO3/c1-3-11-7(10)4-6(8)5(2)9/h4H,3H2,1-2H3/b6-4+.